The maximum Gasteiger partial charge on any atom is 0.217 e. The maximum absolute atomic E-state index is 13.7. The van der Waals surface area contributed by atoms with Gasteiger partial charge in [-0.2, -0.15) is 0 Å². The van der Waals surface area contributed by atoms with Gasteiger partial charge in [0.15, 0.2) is 12.0 Å². The van der Waals surface area contributed by atoms with Crippen LogP contribution in [0.2, 0.25) is 0 Å². The number of hydrogen-bond acceptors (Lipinski definition) is 3. The second-order valence-corrected chi connectivity index (χ2v) is 5.02. The molecular weight excluding hydrogens is 221 g/mol. The topological polar surface area (TPSA) is 47.8 Å². The minimum absolute atomic E-state index is 0.00523. The minimum atomic E-state index is -1.06. The smallest absolute Gasteiger partial charge is 0.217 e. The molecule has 3 rings (SSSR count). The van der Waals surface area contributed by atoms with Crippen molar-refractivity contribution < 1.29 is 9.18 Å². The molecule has 92 valence electrons. The van der Waals surface area contributed by atoms with E-state index in [0.717, 1.165) is 25.7 Å². The second kappa shape index (κ2) is 3.89. The van der Waals surface area contributed by atoms with Gasteiger partial charge in [0.05, 0.1) is 6.04 Å². The van der Waals surface area contributed by atoms with E-state index in [1.54, 1.807) is 4.68 Å². The van der Waals surface area contributed by atoms with Gasteiger partial charge >= 0.3 is 0 Å². The van der Waals surface area contributed by atoms with Gasteiger partial charge < -0.3 is 0 Å². The molecule has 1 saturated carbocycles. The Morgan fingerprint density at radius 3 is 2.94 bits per heavy atom. The molecule has 5 heteroatoms. The van der Waals surface area contributed by atoms with E-state index in [1.165, 1.54) is 0 Å². The van der Waals surface area contributed by atoms with E-state index < -0.39 is 6.17 Å². The third-order valence-electron chi connectivity index (χ3n) is 3.55. The number of fused-ring (bicyclic) bond motifs is 1. The second-order valence-electron chi connectivity index (χ2n) is 5.02. The lowest BCUT2D eigenvalue weighted by atomic mass is 10.1. The van der Waals surface area contributed by atoms with Crippen LogP contribution >= 0.6 is 0 Å². The summed E-state index contributed by atoms with van der Waals surface area (Å²) < 4.78 is 15.4. The Balaban J connectivity index is 1.88. The molecule has 2 atom stereocenters. The molecule has 1 aliphatic heterocycles. The maximum atomic E-state index is 13.7. The summed E-state index contributed by atoms with van der Waals surface area (Å²) >= 11 is 0. The highest BCUT2D eigenvalue weighted by Crippen LogP contribution is 2.39. The molecule has 0 saturated heterocycles. The van der Waals surface area contributed by atoms with Gasteiger partial charge in [0, 0.05) is 12.3 Å². The zero-order valence-electron chi connectivity index (χ0n) is 9.90. The van der Waals surface area contributed by atoms with Gasteiger partial charge in [0.2, 0.25) is 11.6 Å². The Morgan fingerprint density at radius 2 is 2.29 bits per heavy atom. The molecule has 1 aromatic rings. The highest BCUT2D eigenvalue weighted by Gasteiger charge is 2.38. The SMILES string of the molecule is CCCC1CC(F)c2nc(C(=O)C3CC3)nn21. The van der Waals surface area contributed by atoms with Crippen LogP contribution < -0.4 is 0 Å². The largest absolute Gasteiger partial charge is 0.290 e. The average molecular weight is 237 g/mol. The van der Waals surface area contributed by atoms with Gasteiger partial charge in [-0.05, 0) is 19.3 Å². The lowest BCUT2D eigenvalue weighted by Crippen LogP contribution is -2.09. The first-order valence-electron chi connectivity index (χ1n) is 6.35. The lowest BCUT2D eigenvalue weighted by Gasteiger charge is -2.08. The molecule has 2 unspecified atom stereocenters. The quantitative estimate of drug-likeness (QED) is 0.756. The van der Waals surface area contributed by atoms with Crippen LogP contribution in [0.15, 0.2) is 0 Å². The van der Waals surface area contributed by atoms with Crippen molar-refractivity contribution in [3.63, 3.8) is 0 Å². The first kappa shape index (κ1) is 10.9. The van der Waals surface area contributed by atoms with Crippen LogP contribution in [0.5, 0.6) is 0 Å². The van der Waals surface area contributed by atoms with Gasteiger partial charge in [-0.3, -0.25) is 4.79 Å². The molecule has 0 amide bonds. The molecular formula is C12H16FN3O. The number of aromatic nitrogens is 3. The van der Waals surface area contributed by atoms with Crippen molar-refractivity contribution in [1.82, 2.24) is 14.8 Å². The summed E-state index contributed by atoms with van der Waals surface area (Å²) in [5, 5.41) is 4.22. The van der Waals surface area contributed by atoms with E-state index in [2.05, 4.69) is 17.0 Å². The molecule has 1 aromatic heterocycles. The summed E-state index contributed by atoms with van der Waals surface area (Å²) in [5.41, 5.74) is 0. The number of ketones is 1. The van der Waals surface area contributed by atoms with Crippen LogP contribution in [0.4, 0.5) is 4.39 Å². The molecule has 1 fully saturated rings. The standard InChI is InChI=1S/C12H16FN3O/c1-2-3-8-6-9(13)12-14-11(15-16(8)12)10(17)7-4-5-7/h7-9H,2-6H2,1H3. The predicted molar refractivity (Wildman–Crippen MR) is 59.5 cm³/mol. The number of carbonyl (C=O) groups is 1. The van der Waals surface area contributed by atoms with Gasteiger partial charge in [-0.1, -0.05) is 13.3 Å². The van der Waals surface area contributed by atoms with E-state index >= 15 is 0 Å². The fraction of sp³-hybridized carbons (Fsp3) is 0.750. The number of carbonyl (C=O) groups excluding carboxylic acids is 1. The monoisotopic (exact) mass is 237 g/mol. The van der Waals surface area contributed by atoms with Crippen molar-refractivity contribution in [1.29, 1.82) is 0 Å². The molecule has 17 heavy (non-hydrogen) atoms. The first-order chi connectivity index (χ1) is 8.20. The Kier molecular flexibility index (Phi) is 2.49. The Hall–Kier alpha value is -1.26. The van der Waals surface area contributed by atoms with Crippen LogP contribution in [0, 0.1) is 5.92 Å². The predicted octanol–water partition coefficient (Wildman–Crippen LogP) is 2.63. The fourth-order valence-electron chi connectivity index (χ4n) is 2.47. The Morgan fingerprint density at radius 1 is 1.53 bits per heavy atom. The van der Waals surface area contributed by atoms with Gasteiger partial charge in [-0.15, -0.1) is 5.10 Å². The molecule has 1 aliphatic carbocycles. The summed E-state index contributed by atoms with van der Waals surface area (Å²) in [6.07, 6.45) is 3.15. The van der Waals surface area contributed by atoms with Crippen molar-refractivity contribution >= 4 is 5.78 Å². The van der Waals surface area contributed by atoms with Crippen molar-refractivity contribution in [2.75, 3.05) is 0 Å². The van der Waals surface area contributed by atoms with Gasteiger partial charge in [-0.25, -0.2) is 14.1 Å². The third-order valence-corrected chi connectivity index (χ3v) is 3.55. The molecule has 0 radical (unpaired) electrons. The van der Waals surface area contributed by atoms with E-state index in [9.17, 15) is 9.18 Å². The first-order valence-corrected chi connectivity index (χ1v) is 6.35. The number of alkyl halides is 1. The summed E-state index contributed by atoms with van der Waals surface area (Å²) in [6.45, 7) is 2.07. The fourth-order valence-corrected chi connectivity index (χ4v) is 2.47. The molecule has 2 heterocycles. The molecule has 2 aliphatic rings. The number of halogens is 1. The Labute approximate surface area is 99.2 Å². The summed E-state index contributed by atoms with van der Waals surface area (Å²) in [7, 11) is 0. The normalized spacial score (nSPS) is 27.2. The zero-order chi connectivity index (χ0) is 12.0. The lowest BCUT2D eigenvalue weighted by molar-refractivity contribution is 0.0956. The van der Waals surface area contributed by atoms with Crippen molar-refractivity contribution in [3.05, 3.63) is 11.6 Å². The summed E-state index contributed by atoms with van der Waals surface area (Å²) in [6, 6.07) is 0.0817. The summed E-state index contributed by atoms with van der Waals surface area (Å²) in [5.74, 6) is 0.675. The van der Waals surface area contributed by atoms with Crippen molar-refractivity contribution in [2.45, 2.75) is 51.2 Å². The van der Waals surface area contributed by atoms with Gasteiger partial charge in [0.1, 0.15) is 0 Å². The molecule has 0 spiro atoms. The number of hydrogen-bond donors (Lipinski definition) is 0. The molecule has 4 nitrogen and oxygen atoms in total. The van der Waals surface area contributed by atoms with E-state index in [1.807, 2.05) is 0 Å². The Bertz CT molecular complexity index is 453. The van der Waals surface area contributed by atoms with Crippen LogP contribution in [-0.2, 0) is 0 Å². The molecule has 0 N–H and O–H groups in total. The van der Waals surface area contributed by atoms with Crippen LogP contribution in [0.1, 0.15) is 67.7 Å². The highest BCUT2D eigenvalue weighted by molar-refractivity contribution is 5.95. The average Bonchev–Trinajstić information content (AvgIpc) is 2.99. The third kappa shape index (κ3) is 1.77. The zero-order valence-corrected chi connectivity index (χ0v) is 9.90. The van der Waals surface area contributed by atoms with Crippen molar-refractivity contribution in [2.24, 2.45) is 5.92 Å². The summed E-state index contributed by atoms with van der Waals surface area (Å²) in [4.78, 5) is 15.9. The van der Waals surface area contributed by atoms with E-state index in [0.29, 0.717) is 12.2 Å². The number of nitrogens with zero attached hydrogens (tertiary/aromatic N) is 3. The van der Waals surface area contributed by atoms with E-state index in [4.69, 9.17) is 0 Å². The highest BCUT2D eigenvalue weighted by atomic mass is 19.1. The van der Waals surface area contributed by atoms with E-state index in [-0.39, 0.29) is 23.6 Å². The molecule has 0 bridgehead atoms. The van der Waals surface area contributed by atoms with Crippen molar-refractivity contribution in [3.8, 4) is 0 Å². The van der Waals surface area contributed by atoms with Crippen LogP contribution in [0.25, 0.3) is 0 Å². The van der Waals surface area contributed by atoms with Crippen LogP contribution in [-0.4, -0.2) is 20.5 Å². The minimum Gasteiger partial charge on any atom is -0.290 e. The number of rotatable bonds is 4. The molecule has 0 aromatic carbocycles. The van der Waals surface area contributed by atoms with Crippen LogP contribution in [0.3, 0.4) is 0 Å². The van der Waals surface area contributed by atoms with Gasteiger partial charge in [0.25, 0.3) is 0 Å². The number of Topliss-reactive ketones (excluding diaryl/α,β-unsaturated/α-hetero) is 1.